The lowest BCUT2D eigenvalue weighted by atomic mass is 9.76. The van der Waals surface area contributed by atoms with E-state index in [1.54, 1.807) is 4.90 Å². The Morgan fingerprint density at radius 3 is 3.05 bits per heavy atom. The molecule has 1 aromatic rings. The van der Waals surface area contributed by atoms with E-state index in [4.69, 9.17) is 11.7 Å². The molecule has 4 rings (SSSR count). The maximum absolute atomic E-state index is 8.93. The molecule has 0 amide bonds. The summed E-state index contributed by atoms with van der Waals surface area (Å²) in [4.78, 5) is 1.71. The molecule has 21 heavy (non-hydrogen) atoms. The minimum absolute atomic E-state index is 0.511. The van der Waals surface area contributed by atoms with Gasteiger partial charge in [0.25, 0.3) is 0 Å². The third-order valence-electron chi connectivity index (χ3n) is 5.15. The highest BCUT2D eigenvalue weighted by molar-refractivity contribution is 5.32. The number of nitrogens with two attached hydrogens (primary N) is 1. The molecule has 1 unspecified atom stereocenters. The fourth-order valence-corrected chi connectivity index (χ4v) is 3.99. The number of nitriles is 1. The molecule has 0 aromatic heterocycles. The Hall–Kier alpha value is -1.81. The molecule has 3 N–H and O–H groups in total. The smallest absolute Gasteiger partial charge is 0.137 e. The van der Waals surface area contributed by atoms with E-state index in [-0.39, 0.29) is 0 Å². The van der Waals surface area contributed by atoms with Crippen LogP contribution in [0.15, 0.2) is 24.3 Å². The van der Waals surface area contributed by atoms with Crippen LogP contribution >= 0.6 is 0 Å². The number of nitrogens with zero attached hydrogens (tertiary/aromatic N) is 1. The minimum atomic E-state index is 0.511. The Labute approximate surface area is 127 Å². The van der Waals surface area contributed by atoms with Gasteiger partial charge in [-0.15, -0.1) is 6.42 Å². The molecule has 3 fully saturated rings. The van der Waals surface area contributed by atoms with Gasteiger partial charge in [0.15, 0.2) is 0 Å². The van der Waals surface area contributed by atoms with Gasteiger partial charge >= 0.3 is 0 Å². The van der Waals surface area contributed by atoms with Gasteiger partial charge in [-0.1, -0.05) is 18.1 Å². The van der Waals surface area contributed by atoms with E-state index in [1.165, 1.54) is 38.0 Å². The van der Waals surface area contributed by atoms with Crippen molar-refractivity contribution >= 4 is 0 Å². The van der Waals surface area contributed by atoms with Crippen molar-refractivity contribution in [2.24, 2.45) is 11.8 Å². The average molecular weight is 281 g/mol. The number of hydrogen-bond donors (Lipinski definition) is 2. The van der Waals surface area contributed by atoms with Crippen molar-refractivity contribution in [3.8, 4) is 18.4 Å². The Bertz CT molecular complexity index is 581. The largest absolute Gasteiger partial charge is 0.338 e. The van der Waals surface area contributed by atoms with E-state index in [9.17, 15) is 0 Å². The van der Waals surface area contributed by atoms with Gasteiger partial charge in [0, 0.05) is 18.4 Å². The van der Waals surface area contributed by atoms with Crippen molar-refractivity contribution in [3.05, 3.63) is 35.4 Å². The monoisotopic (exact) mass is 281 g/mol. The lowest BCUT2D eigenvalue weighted by Crippen LogP contribution is -3.21. The first-order chi connectivity index (χ1) is 10.3. The van der Waals surface area contributed by atoms with Crippen LogP contribution in [0.3, 0.4) is 0 Å². The van der Waals surface area contributed by atoms with Gasteiger partial charge in [0.1, 0.15) is 19.1 Å². The predicted molar refractivity (Wildman–Crippen MR) is 81.2 cm³/mol. The lowest BCUT2D eigenvalue weighted by Gasteiger charge is -2.44. The predicted octanol–water partition coefficient (Wildman–Crippen LogP) is -0.452. The summed E-state index contributed by atoms with van der Waals surface area (Å²) in [6, 6.07) is 10.9. The van der Waals surface area contributed by atoms with E-state index in [2.05, 4.69) is 23.4 Å². The second-order valence-electron chi connectivity index (χ2n) is 6.41. The van der Waals surface area contributed by atoms with Crippen LogP contribution in [-0.4, -0.2) is 25.7 Å². The molecule has 0 spiro atoms. The highest BCUT2D eigenvalue weighted by Gasteiger charge is 2.43. The first kappa shape index (κ1) is 14.1. The van der Waals surface area contributed by atoms with Crippen LogP contribution in [0, 0.1) is 35.5 Å². The Morgan fingerprint density at radius 2 is 2.33 bits per heavy atom. The van der Waals surface area contributed by atoms with Crippen LogP contribution in [0.4, 0.5) is 0 Å². The topological polar surface area (TPSA) is 44.8 Å². The number of nitrogens with one attached hydrogen (secondary N) is 1. The van der Waals surface area contributed by atoms with E-state index < -0.39 is 0 Å². The van der Waals surface area contributed by atoms with E-state index in [0.29, 0.717) is 5.92 Å². The summed E-state index contributed by atoms with van der Waals surface area (Å²) in [6.07, 6.45) is 8.24. The molecule has 3 aliphatic rings. The van der Waals surface area contributed by atoms with Gasteiger partial charge in [-0.3, -0.25) is 0 Å². The fourth-order valence-electron chi connectivity index (χ4n) is 3.99. The van der Waals surface area contributed by atoms with Crippen molar-refractivity contribution in [2.75, 3.05) is 19.6 Å². The Morgan fingerprint density at radius 1 is 1.43 bits per heavy atom. The molecule has 2 bridgehead atoms. The SMILES string of the molecule is C#C[C@H]1C[NH+]2CC[C@H]1C[C@@H]2C[NH2+]Cc1cccc(C#N)c1. The van der Waals surface area contributed by atoms with Crippen LogP contribution in [0.25, 0.3) is 0 Å². The number of hydrogen-bond acceptors (Lipinski definition) is 1. The van der Waals surface area contributed by atoms with E-state index in [0.717, 1.165) is 24.1 Å². The molecular formula is C18H23N3+2. The molecule has 3 saturated heterocycles. The zero-order valence-corrected chi connectivity index (χ0v) is 12.4. The number of quaternary nitrogens is 2. The number of rotatable bonds is 4. The van der Waals surface area contributed by atoms with Crippen LogP contribution < -0.4 is 10.2 Å². The van der Waals surface area contributed by atoms with Crippen molar-refractivity contribution in [1.82, 2.24) is 0 Å². The first-order valence-electron chi connectivity index (χ1n) is 7.91. The zero-order valence-electron chi connectivity index (χ0n) is 12.4. The molecule has 0 aliphatic carbocycles. The summed E-state index contributed by atoms with van der Waals surface area (Å²) in [5, 5.41) is 11.3. The Kier molecular flexibility index (Phi) is 4.25. The normalized spacial score (nSPS) is 30.6. The van der Waals surface area contributed by atoms with Crippen LogP contribution in [0.2, 0.25) is 0 Å². The molecule has 3 heteroatoms. The standard InChI is InChI=1S/C18H21N3/c1-2-16-13-21-7-6-17(16)9-18(21)12-20-11-15-5-3-4-14(8-15)10-19/h1,3-5,8,16-18,20H,6-7,9,11-13H2/p+2/t16-,17-,18+/m0/s1. The molecule has 108 valence electrons. The molecular weight excluding hydrogens is 258 g/mol. The van der Waals surface area contributed by atoms with Crippen molar-refractivity contribution in [3.63, 3.8) is 0 Å². The maximum Gasteiger partial charge on any atom is 0.137 e. The highest BCUT2D eigenvalue weighted by Crippen LogP contribution is 2.25. The van der Waals surface area contributed by atoms with Gasteiger partial charge in [0.2, 0.25) is 0 Å². The second-order valence-corrected chi connectivity index (χ2v) is 6.41. The quantitative estimate of drug-likeness (QED) is 0.721. The molecule has 3 heterocycles. The van der Waals surface area contributed by atoms with Crippen molar-refractivity contribution < 1.29 is 10.2 Å². The minimum Gasteiger partial charge on any atom is -0.338 e. The van der Waals surface area contributed by atoms with Gasteiger partial charge in [-0.2, -0.15) is 5.26 Å². The fraction of sp³-hybridized carbons (Fsp3) is 0.500. The summed E-state index contributed by atoms with van der Waals surface area (Å²) in [7, 11) is 0. The van der Waals surface area contributed by atoms with Gasteiger partial charge in [0.05, 0.1) is 30.6 Å². The van der Waals surface area contributed by atoms with Gasteiger partial charge in [-0.25, -0.2) is 0 Å². The van der Waals surface area contributed by atoms with Crippen LogP contribution in [-0.2, 0) is 6.54 Å². The number of piperidine rings is 3. The molecule has 0 saturated carbocycles. The summed E-state index contributed by atoms with van der Waals surface area (Å²) < 4.78 is 0. The molecule has 3 aliphatic heterocycles. The molecule has 0 radical (unpaired) electrons. The van der Waals surface area contributed by atoms with E-state index >= 15 is 0 Å². The number of benzene rings is 1. The molecule has 1 aromatic carbocycles. The number of terminal acetylenes is 1. The lowest BCUT2D eigenvalue weighted by molar-refractivity contribution is -0.958. The van der Waals surface area contributed by atoms with E-state index in [1.807, 2.05) is 18.2 Å². The second kappa shape index (κ2) is 6.31. The summed E-state index contributed by atoms with van der Waals surface area (Å²) in [6.45, 7) is 4.59. The third kappa shape index (κ3) is 3.10. The highest BCUT2D eigenvalue weighted by atomic mass is 15.2. The van der Waals surface area contributed by atoms with Crippen LogP contribution in [0.5, 0.6) is 0 Å². The van der Waals surface area contributed by atoms with Crippen molar-refractivity contribution in [1.29, 1.82) is 5.26 Å². The first-order valence-corrected chi connectivity index (χ1v) is 7.91. The van der Waals surface area contributed by atoms with Gasteiger partial charge in [-0.05, 0) is 18.1 Å². The summed E-state index contributed by atoms with van der Waals surface area (Å²) in [5.74, 6) is 4.26. The van der Waals surface area contributed by atoms with Crippen molar-refractivity contribution in [2.45, 2.75) is 25.4 Å². The van der Waals surface area contributed by atoms with Gasteiger partial charge < -0.3 is 10.2 Å². The molecule has 4 atom stereocenters. The zero-order chi connectivity index (χ0) is 14.7. The number of fused-ring (bicyclic) bond motifs is 3. The summed E-state index contributed by atoms with van der Waals surface area (Å²) in [5.41, 5.74) is 1.99. The Balaban J connectivity index is 1.50. The van der Waals surface area contributed by atoms with Crippen LogP contribution in [0.1, 0.15) is 24.0 Å². The third-order valence-corrected chi connectivity index (χ3v) is 5.15. The molecule has 3 nitrogen and oxygen atoms in total. The maximum atomic E-state index is 8.93. The summed E-state index contributed by atoms with van der Waals surface area (Å²) >= 11 is 0. The average Bonchev–Trinajstić information content (AvgIpc) is 2.55.